The van der Waals surface area contributed by atoms with E-state index >= 15 is 0 Å². The number of carbonyl (C=O) groups excluding carboxylic acids is 2. The van der Waals surface area contributed by atoms with Gasteiger partial charge in [0, 0.05) is 0 Å². The Morgan fingerprint density at radius 2 is 1.56 bits per heavy atom. The predicted octanol–water partition coefficient (Wildman–Crippen LogP) is 1.39. The summed E-state index contributed by atoms with van der Waals surface area (Å²) in [4.78, 5) is 24.1. The fraction of sp³-hybridized carbons (Fsp3) is 0.429. The first kappa shape index (κ1) is 12.6. The number of carbonyl (C=O) groups is 2. The average Bonchev–Trinajstić information content (AvgIpc) is 2.31. The van der Waals surface area contributed by atoms with E-state index in [9.17, 15) is 9.59 Å². The van der Waals surface area contributed by atoms with Crippen LogP contribution < -0.4 is 10.6 Å². The molecule has 1 fully saturated rings. The van der Waals surface area contributed by atoms with Crippen molar-refractivity contribution in [2.45, 2.75) is 32.9 Å². The minimum Gasteiger partial charge on any atom is -0.342 e. The van der Waals surface area contributed by atoms with Crippen LogP contribution in [0.25, 0.3) is 0 Å². The molecule has 2 N–H and O–H groups in total. The van der Waals surface area contributed by atoms with Crippen LogP contribution in [-0.2, 0) is 9.59 Å². The van der Waals surface area contributed by atoms with Crippen molar-refractivity contribution in [3.63, 3.8) is 0 Å². The van der Waals surface area contributed by atoms with Crippen LogP contribution >= 0.6 is 0 Å². The Kier molecular flexibility index (Phi) is 3.11. The number of rotatable bonds is 1. The topological polar surface area (TPSA) is 58.2 Å². The van der Waals surface area contributed by atoms with Crippen molar-refractivity contribution >= 4 is 11.8 Å². The summed E-state index contributed by atoms with van der Waals surface area (Å²) in [6.45, 7) is 5.79. The molecule has 96 valence electrons. The van der Waals surface area contributed by atoms with Crippen LogP contribution in [0.15, 0.2) is 30.3 Å². The molecule has 1 saturated heterocycles. The van der Waals surface area contributed by atoms with Crippen LogP contribution in [0.2, 0.25) is 0 Å². The Hall–Kier alpha value is -1.84. The first-order valence-corrected chi connectivity index (χ1v) is 6.05. The number of amides is 2. The zero-order chi connectivity index (χ0) is 13.3. The van der Waals surface area contributed by atoms with Crippen LogP contribution in [0.4, 0.5) is 0 Å². The molecule has 4 nitrogen and oxygen atoms in total. The van der Waals surface area contributed by atoms with E-state index in [0.29, 0.717) is 0 Å². The molecule has 0 aromatic heterocycles. The lowest BCUT2D eigenvalue weighted by Gasteiger charge is -2.36. The summed E-state index contributed by atoms with van der Waals surface area (Å²) >= 11 is 0. The largest absolute Gasteiger partial charge is 0.342 e. The molecule has 0 spiro atoms. The lowest BCUT2D eigenvalue weighted by molar-refractivity contribution is -0.139. The fourth-order valence-electron chi connectivity index (χ4n) is 2.07. The fourth-order valence-corrected chi connectivity index (χ4v) is 2.07. The van der Waals surface area contributed by atoms with E-state index in [4.69, 9.17) is 0 Å². The normalized spacial score (nSPS) is 24.4. The van der Waals surface area contributed by atoms with Gasteiger partial charge in [-0.3, -0.25) is 9.59 Å². The number of hydrogen-bond acceptors (Lipinski definition) is 2. The van der Waals surface area contributed by atoms with Gasteiger partial charge in [-0.25, -0.2) is 0 Å². The molecular weight excluding hydrogens is 228 g/mol. The molecule has 0 bridgehead atoms. The number of benzene rings is 1. The molecule has 18 heavy (non-hydrogen) atoms. The Labute approximate surface area is 107 Å². The van der Waals surface area contributed by atoms with Gasteiger partial charge >= 0.3 is 0 Å². The molecule has 2 atom stereocenters. The van der Waals surface area contributed by atoms with Crippen molar-refractivity contribution in [2.24, 2.45) is 5.41 Å². The Morgan fingerprint density at radius 1 is 0.944 bits per heavy atom. The third-order valence-corrected chi connectivity index (χ3v) is 3.10. The molecule has 2 rings (SSSR count). The molecule has 1 heterocycles. The van der Waals surface area contributed by atoms with Gasteiger partial charge in [0.1, 0.15) is 12.1 Å². The van der Waals surface area contributed by atoms with E-state index in [1.165, 1.54) is 0 Å². The van der Waals surface area contributed by atoms with Crippen LogP contribution in [0.5, 0.6) is 0 Å². The molecule has 1 aromatic carbocycles. The summed E-state index contributed by atoms with van der Waals surface area (Å²) in [6, 6.07) is 8.19. The Balaban J connectivity index is 2.21. The zero-order valence-electron chi connectivity index (χ0n) is 10.9. The van der Waals surface area contributed by atoms with Crippen molar-refractivity contribution < 1.29 is 9.59 Å². The smallest absolute Gasteiger partial charge is 0.247 e. The van der Waals surface area contributed by atoms with Gasteiger partial charge in [-0.2, -0.15) is 0 Å². The maximum absolute atomic E-state index is 12.1. The van der Waals surface area contributed by atoms with Crippen molar-refractivity contribution in [3.8, 4) is 0 Å². The molecule has 0 aliphatic carbocycles. The number of nitrogens with one attached hydrogen (secondary N) is 2. The van der Waals surface area contributed by atoms with Crippen LogP contribution in [-0.4, -0.2) is 17.9 Å². The molecule has 2 unspecified atom stereocenters. The SMILES string of the molecule is CC(C)(C)C1NC(=O)C(c2ccccc2)NC1=O. The predicted molar refractivity (Wildman–Crippen MR) is 68.7 cm³/mol. The van der Waals surface area contributed by atoms with Gasteiger partial charge in [-0.15, -0.1) is 0 Å². The number of piperazine rings is 1. The van der Waals surface area contributed by atoms with Crippen LogP contribution in [0.3, 0.4) is 0 Å². The van der Waals surface area contributed by atoms with E-state index < -0.39 is 12.1 Å². The summed E-state index contributed by atoms with van der Waals surface area (Å²) in [6.07, 6.45) is 0. The van der Waals surface area contributed by atoms with Crippen LogP contribution in [0, 0.1) is 5.41 Å². The van der Waals surface area contributed by atoms with E-state index in [1.54, 1.807) is 0 Å². The van der Waals surface area contributed by atoms with E-state index in [-0.39, 0.29) is 17.2 Å². The van der Waals surface area contributed by atoms with Gasteiger partial charge < -0.3 is 10.6 Å². The van der Waals surface area contributed by atoms with Gasteiger partial charge in [0.15, 0.2) is 0 Å². The summed E-state index contributed by atoms with van der Waals surface area (Å²) in [5, 5.41) is 5.59. The first-order valence-electron chi connectivity index (χ1n) is 6.05. The van der Waals surface area contributed by atoms with Crippen molar-refractivity contribution in [3.05, 3.63) is 35.9 Å². The summed E-state index contributed by atoms with van der Waals surface area (Å²) < 4.78 is 0. The molecule has 1 aliphatic heterocycles. The maximum Gasteiger partial charge on any atom is 0.247 e. The molecule has 1 aromatic rings. The highest BCUT2D eigenvalue weighted by Gasteiger charge is 2.40. The van der Waals surface area contributed by atoms with Gasteiger partial charge in [0.2, 0.25) is 11.8 Å². The average molecular weight is 246 g/mol. The Bertz CT molecular complexity index is 462. The summed E-state index contributed by atoms with van der Waals surface area (Å²) in [5.74, 6) is -0.281. The van der Waals surface area contributed by atoms with Gasteiger partial charge in [0.05, 0.1) is 0 Å². The van der Waals surface area contributed by atoms with Crippen molar-refractivity contribution in [1.82, 2.24) is 10.6 Å². The molecule has 4 heteroatoms. The van der Waals surface area contributed by atoms with E-state index in [2.05, 4.69) is 10.6 Å². The molecule has 0 radical (unpaired) electrons. The summed E-state index contributed by atoms with van der Waals surface area (Å²) in [7, 11) is 0. The molecule has 0 saturated carbocycles. The third kappa shape index (κ3) is 2.37. The Morgan fingerprint density at radius 3 is 2.11 bits per heavy atom. The molecule has 1 aliphatic rings. The van der Waals surface area contributed by atoms with Crippen molar-refractivity contribution in [2.75, 3.05) is 0 Å². The second-order valence-electron chi connectivity index (χ2n) is 5.66. The lowest BCUT2D eigenvalue weighted by Crippen LogP contribution is -2.61. The second kappa shape index (κ2) is 4.44. The summed E-state index contributed by atoms with van der Waals surface area (Å²) in [5.41, 5.74) is 0.511. The third-order valence-electron chi connectivity index (χ3n) is 3.10. The van der Waals surface area contributed by atoms with Crippen LogP contribution in [0.1, 0.15) is 32.4 Å². The van der Waals surface area contributed by atoms with Gasteiger partial charge in [-0.1, -0.05) is 51.1 Å². The zero-order valence-corrected chi connectivity index (χ0v) is 10.9. The van der Waals surface area contributed by atoms with Crippen molar-refractivity contribution in [1.29, 1.82) is 0 Å². The highest BCUT2D eigenvalue weighted by atomic mass is 16.2. The minimum atomic E-state index is -0.586. The molecule has 2 amide bonds. The van der Waals surface area contributed by atoms with Gasteiger partial charge in [0.25, 0.3) is 0 Å². The maximum atomic E-state index is 12.1. The van der Waals surface area contributed by atoms with E-state index in [1.807, 2.05) is 51.1 Å². The standard InChI is InChI=1S/C14H18N2O2/c1-14(2,3)11-13(18)15-10(12(17)16-11)9-7-5-4-6-8-9/h4-8,10-11H,1-3H3,(H,15,18)(H,16,17). The quantitative estimate of drug-likeness (QED) is 0.786. The highest BCUT2D eigenvalue weighted by molar-refractivity contribution is 5.97. The highest BCUT2D eigenvalue weighted by Crippen LogP contribution is 2.25. The monoisotopic (exact) mass is 246 g/mol. The first-order chi connectivity index (χ1) is 8.39. The molecular formula is C14H18N2O2. The van der Waals surface area contributed by atoms with Gasteiger partial charge in [-0.05, 0) is 11.0 Å². The second-order valence-corrected chi connectivity index (χ2v) is 5.66. The lowest BCUT2D eigenvalue weighted by atomic mass is 9.84. The minimum absolute atomic E-state index is 0.129. The number of hydrogen-bond donors (Lipinski definition) is 2. The van der Waals surface area contributed by atoms with E-state index in [0.717, 1.165) is 5.56 Å².